The highest BCUT2D eigenvalue weighted by atomic mass is 14.7. The first-order valence-electron chi connectivity index (χ1n) is 7.90. The van der Waals surface area contributed by atoms with Crippen molar-refractivity contribution in [2.45, 2.75) is 51.9 Å². The van der Waals surface area contributed by atoms with E-state index >= 15 is 0 Å². The van der Waals surface area contributed by atoms with Gasteiger partial charge in [0.25, 0.3) is 0 Å². The van der Waals surface area contributed by atoms with Crippen LogP contribution in [-0.2, 0) is 5.41 Å². The van der Waals surface area contributed by atoms with Gasteiger partial charge in [-0.1, -0.05) is 51.8 Å². The Balaban J connectivity index is 2.39. The average molecular weight is 272 g/mol. The summed E-state index contributed by atoms with van der Waals surface area (Å²) in [6, 6.07) is 8.63. The average Bonchev–Trinajstić information content (AvgIpc) is 2.91. The standard InChI is InChI=1S/C18H28N2/c1-4-14(2)18(3,11-7-8-12-19)16-13-20-17-10-6-5-9-15(16)17/h5-6,9-10,13-14,20H,4,7-8,11-12,19H2,1-3H3. The maximum Gasteiger partial charge on any atom is 0.0457 e. The molecule has 0 amide bonds. The molecule has 0 aliphatic heterocycles. The van der Waals surface area contributed by atoms with Crippen LogP contribution in [0.3, 0.4) is 0 Å². The van der Waals surface area contributed by atoms with E-state index in [-0.39, 0.29) is 5.41 Å². The van der Waals surface area contributed by atoms with E-state index in [9.17, 15) is 0 Å². The molecule has 0 spiro atoms. The van der Waals surface area contributed by atoms with Crippen molar-refractivity contribution in [1.82, 2.24) is 4.98 Å². The van der Waals surface area contributed by atoms with E-state index in [2.05, 4.69) is 56.2 Å². The molecule has 0 saturated heterocycles. The van der Waals surface area contributed by atoms with Gasteiger partial charge in [0.05, 0.1) is 0 Å². The molecular formula is C18H28N2. The lowest BCUT2D eigenvalue weighted by atomic mass is 9.68. The topological polar surface area (TPSA) is 41.8 Å². The SMILES string of the molecule is CCC(C)C(C)(CCCCN)c1c[nH]c2ccccc12. The van der Waals surface area contributed by atoms with Gasteiger partial charge in [0, 0.05) is 17.1 Å². The second-order valence-corrected chi connectivity index (χ2v) is 6.22. The highest BCUT2D eigenvalue weighted by molar-refractivity contribution is 5.84. The summed E-state index contributed by atoms with van der Waals surface area (Å²) < 4.78 is 0. The fourth-order valence-corrected chi connectivity index (χ4v) is 3.28. The lowest BCUT2D eigenvalue weighted by Gasteiger charge is -2.36. The number of hydrogen-bond donors (Lipinski definition) is 2. The summed E-state index contributed by atoms with van der Waals surface area (Å²) in [4.78, 5) is 3.44. The highest BCUT2D eigenvalue weighted by Gasteiger charge is 2.33. The fraction of sp³-hybridized carbons (Fsp3) is 0.556. The third-order valence-corrected chi connectivity index (χ3v) is 5.05. The van der Waals surface area contributed by atoms with Crippen LogP contribution in [0.4, 0.5) is 0 Å². The molecule has 2 unspecified atom stereocenters. The van der Waals surface area contributed by atoms with Gasteiger partial charge in [-0.15, -0.1) is 0 Å². The van der Waals surface area contributed by atoms with Crippen molar-refractivity contribution in [2.24, 2.45) is 11.7 Å². The summed E-state index contributed by atoms with van der Waals surface area (Å²) in [5, 5.41) is 1.38. The van der Waals surface area contributed by atoms with Gasteiger partial charge in [-0.05, 0) is 42.3 Å². The molecule has 1 heterocycles. The van der Waals surface area contributed by atoms with Gasteiger partial charge in [-0.3, -0.25) is 0 Å². The number of unbranched alkanes of at least 4 members (excludes halogenated alkanes) is 1. The first-order chi connectivity index (χ1) is 9.63. The first-order valence-corrected chi connectivity index (χ1v) is 7.90. The molecule has 2 rings (SSSR count). The molecule has 1 aromatic carbocycles. The predicted octanol–water partition coefficient (Wildman–Crippen LogP) is 4.60. The summed E-state index contributed by atoms with van der Waals surface area (Å²) in [5.74, 6) is 0.666. The van der Waals surface area contributed by atoms with Gasteiger partial charge in [-0.25, -0.2) is 0 Å². The van der Waals surface area contributed by atoms with Gasteiger partial charge in [0.15, 0.2) is 0 Å². The van der Waals surface area contributed by atoms with E-state index in [0.29, 0.717) is 5.92 Å². The van der Waals surface area contributed by atoms with E-state index in [0.717, 1.165) is 13.0 Å². The molecule has 1 aromatic heterocycles. The molecule has 0 aliphatic rings. The van der Waals surface area contributed by atoms with Crippen LogP contribution in [-0.4, -0.2) is 11.5 Å². The van der Waals surface area contributed by atoms with Crippen molar-refractivity contribution < 1.29 is 0 Å². The number of aromatic amines is 1. The summed E-state index contributed by atoms with van der Waals surface area (Å²) in [7, 11) is 0. The molecule has 2 nitrogen and oxygen atoms in total. The summed E-state index contributed by atoms with van der Waals surface area (Å²) in [6.45, 7) is 7.89. The molecule has 3 N–H and O–H groups in total. The van der Waals surface area contributed by atoms with Crippen LogP contribution in [0.1, 0.15) is 52.0 Å². The van der Waals surface area contributed by atoms with E-state index in [1.54, 1.807) is 0 Å². The van der Waals surface area contributed by atoms with Gasteiger partial charge in [-0.2, -0.15) is 0 Å². The van der Waals surface area contributed by atoms with E-state index in [4.69, 9.17) is 5.73 Å². The number of para-hydroxylation sites is 1. The Morgan fingerprint density at radius 1 is 1.25 bits per heavy atom. The van der Waals surface area contributed by atoms with Gasteiger partial charge in [0.1, 0.15) is 0 Å². The van der Waals surface area contributed by atoms with E-state index in [1.165, 1.54) is 35.7 Å². The smallest absolute Gasteiger partial charge is 0.0457 e. The van der Waals surface area contributed by atoms with Crippen molar-refractivity contribution in [3.05, 3.63) is 36.0 Å². The Morgan fingerprint density at radius 2 is 2.00 bits per heavy atom. The number of hydrogen-bond acceptors (Lipinski definition) is 1. The third-order valence-electron chi connectivity index (χ3n) is 5.05. The second-order valence-electron chi connectivity index (χ2n) is 6.22. The number of fused-ring (bicyclic) bond motifs is 1. The Bertz CT molecular complexity index is 543. The van der Waals surface area contributed by atoms with Crippen molar-refractivity contribution in [1.29, 1.82) is 0 Å². The zero-order valence-corrected chi connectivity index (χ0v) is 13.1. The van der Waals surface area contributed by atoms with Crippen LogP contribution < -0.4 is 5.73 Å². The Morgan fingerprint density at radius 3 is 2.70 bits per heavy atom. The first kappa shape index (κ1) is 15.1. The Labute approximate surface area is 122 Å². The van der Waals surface area contributed by atoms with Crippen LogP contribution in [0.15, 0.2) is 30.5 Å². The van der Waals surface area contributed by atoms with Gasteiger partial charge in [0.2, 0.25) is 0 Å². The molecule has 0 radical (unpaired) electrons. The lowest BCUT2D eigenvalue weighted by molar-refractivity contribution is 0.279. The number of rotatable bonds is 7. The molecule has 0 fully saturated rings. The van der Waals surface area contributed by atoms with Crippen LogP contribution in [0.5, 0.6) is 0 Å². The Kier molecular flexibility index (Phi) is 4.87. The molecular weight excluding hydrogens is 244 g/mol. The minimum absolute atomic E-state index is 0.226. The zero-order valence-electron chi connectivity index (χ0n) is 13.1. The number of nitrogens with one attached hydrogen (secondary N) is 1. The Hall–Kier alpha value is -1.28. The van der Waals surface area contributed by atoms with Crippen molar-refractivity contribution in [3.8, 4) is 0 Å². The molecule has 2 atom stereocenters. The van der Waals surface area contributed by atoms with Crippen molar-refractivity contribution in [3.63, 3.8) is 0 Å². The number of benzene rings is 1. The van der Waals surface area contributed by atoms with Crippen LogP contribution in [0, 0.1) is 5.92 Å². The largest absolute Gasteiger partial charge is 0.361 e. The maximum atomic E-state index is 5.67. The van der Waals surface area contributed by atoms with Crippen LogP contribution in [0.2, 0.25) is 0 Å². The summed E-state index contributed by atoms with van der Waals surface area (Å²) in [6.07, 6.45) is 6.96. The molecule has 110 valence electrons. The van der Waals surface area contributed by atoms with E-state index < -0.39 is 0 Å². The predicted molar refractivity (Wildman–Crippen MR) is 88.0 cm³/mol. The minimum Gasteiger partial charge on any atom is -0.361 e. The number of aromatic nitrogens is 1. The van der Waals surface area contributed by atoms with Crippen molar-refractivity contribution >= 4 is 10.9 Å². The lowest BCUT2D eigenvalue weighted by Crippen LogP contribution is -2.30. The molecule has 2 heteroatoms. The van der Waals surface area contributed by atoms with Crippen molar-refractivity contribution in [2.75, 3.05) is 6.54 Å². The van der Waals surface area contributed by atoms with Crippen LogP contribution in [0.25, 0.3) is 10.9 Å². The normalized spacial score (nSPS) is 16.2. The van der Waals surface area contributed by atoms with Gasteiger partial charge >= 0.3 is 0 Å². The third kappa shape index (κ3) is 2.76. The molecule has 0 saturated carbocycles. The number of H-pyrrole nitrogens is 1. The molecule has 2 aromatic rings. The zero-order chi connectivity index (χ0) is 14.6. The summed E-state index contributed by atoms with van der Waals surface area (Å²) >= 11 is 0. The fourth-order valence-electron chi connectivity index (χ4n) is 3.28. The van der Waals surface area contributed by atoms with Gasteiger partial charge < -0.3 is 10.7 Å². The monoisotopic (exact) mass is 272 g/mol. The number of nitrogens with two attached hydrogens (primary N) is 1. The molecule has 20 heavy (non-hydrogen) atoms. The van der Waals surface area contributed by atoms with Crippen LogP contribution >= 0.6 is 0 Å². The minimum atomic E-state index is 0.226. The molecule has 0 aliphatic carbocycles. The summed E-state index contributed by atoms with van der Waals surface area (Å²) in [5.41, 5.74) is 8.61. The maximum absolute atomic E-state index is 5.67. The molecule has 0 bridgehead atoms. The quantitative estimate of drug-likeness (QED) is 0.711. The van der Waals surface area contributed by atoms with E-state index in [1.807, 2.05) is 0 Å². The second kappa shape index (κ2) is 6.45. The highest BCUT2D eigenvalue weighted by Crippen LogP contribution is 2.41.